The summed E-state index contributed by atoms with van der Waals surface area (Å²) in [5.74, 6) is -0.251. The molecule has 0 atom stereocenters. The molecule has 2 aromatic carbocycles. The topological polar surface area (TPSA) is 57.7 Å². The molecule has 5 nitrogen and oxygen atoms in total. The molecule has 2 aromatic rings. The molecular weight excluding hydrogens is 416 g/mol. The first-order chi connectivity index (χ1) is 12.4. The molecule has 0 spiro atoms. The second-order valence-corrected chi connectivity index (χ2v) is 9.07. The van der Waals surface area contributed by atoms with Gasteiger partial charge in [-0.15, -0.1) is 0 Å². The van der Waals surface area contributed by atoms with Gasteiger partial charge >= 0.3 is 0 Å². The summed E-state index contributed by atoms with van der Waals surface area (Å²) in [5, 5.41) is 0. The summed E-state index contributed by atoms with van der Waals surface area (Å²) in [4.78, 5) is 14.5. The van der Waals surface area contributed by atoms with Crippen molar-refractivity contribution in [3.63, 3.8) is 0 Å². The summed E-state index contributed by atoms with van der Waals surface area (Å²) in [6, 6.07) is 14.0. The highest BCUT2D eigenvalue weighted by atomic mass is 79.9. The van der Waals surface area contributed by atoms with Crippen LogP contribution in [0.5, 0.6) is 0 Å². The minimum absolute atomic E-state index is 0.145. The van der Waals surface area contributed by atoms with Crippen molar-refractivity contribution in [2.45, 2.75) is 24.2 Å². The maximum Gasteiger partial charge on any atom is 0.258 e. The average molecular weight is 437 g/mol. The highest BCUT2D eigenvalue weighted by molar-refractivity contribution is 9.10. The number of anilines is 1. The minimum Gasteiger partial charge on any atom is -0.311 e. The van der Waals surface area contributed by atoms with Crippen LogP contribution in [0.2, 0.25) is 0 Å². The third-order valence-electron chi connectivity index (χ3n) is 4.56. The number of piperidine rings is 1. The van der Waals surface area contributed by atoms with E-state index in [0.29, 0.717) is 23.1 Å². The first kappa shape index (κ1) is 19.1. The first-order valence-electron chi connectivity index (χ1n) is 8.54. The number of nitrogens with zero attached hydrogens (tertiary/aromatic N) is 2. The highest BCUT2D eigenvalue weighted by Crippen LogP contribution is 2.29. The molecule has 7 heteroatoms. The molecule has 1 amide bonds. The predicted molar refractivity (Wildman–Crippen MR) is 106 cm³/mol. The molecular formula is C19H21BrN2O3S. The Kier molecular flexibility index (Phi) is 5.79. The van der Waals surface area contributed by atoms with E-state index in [-0.39, 0.29) is 10.8 Å². The summed E-state index contributed by atoms with van der Waals surface area (Å²) in [7, 11) is -1.94. The van der Waals surface area contributed by atoms with Crippen LogP contribution in [0.3, 0.4) is 0 Å². The van der Waals surface area contributed by atoms with Crippen molar-refractivity contribution < 1.29 is 13.2 Å². The molecule has 3 rings (SSSR count). The number of amides is 1. The van der Waals surface area contributed by atoms with E-state index in [0.717, 1.165) is 24.9 Å². The van der Waals surface area contributed by atoms with E-state index < -0.39 is 10.0 Å². The van der Waals surface area contributed by atoms with Crippen LogP contribution in [0.25, 0.3) is 0 Å². The Hall–Kier alpha value is -1.70. The van der Waals surface area contributed by atoms with Crippen LogP contribution in [0, 0.1) is 0 Å². The average Bonchev–Trinajstić information content (AvgIpc) is 2.68. The zero-order chi connectivity index (χ0) is 18.7. The molecule has 1 fully saturated rings. The summed E-state index contributed by atoms with van der Waals surface area (Å²) < 4.78 is 28.0. The Morgan fingerprint density at radius 3 is 2.35 bits per heavy atom. The Bertz CT molecular complexity index is 894. The number of rotatable bonds is 4. The number of carbonyl (C=O) groups is 1. The molecule has 0 radical (unpaired) electrons. The molecule has 0 aromatic heterocycles. The lowest BCUT2D eigenvalue weighted by Gasteiger charge is -2.26. The third-order valence-corrected chi connectivity index (χ3v) is 7.45. The molecule has 0 N–H and O–H groups in total. The van der Waals surface area contributed by atoms with Crippen molar-refractivity contribution in [3.05, 3.63) is 58.6 Å². The van der Waals surface area contributed by atoms with Gasteiger partial charge in [-0.2, -0.15) is 4.31 Å². The minimum atomic E-state index is -3.62. The standard InChI is InChI=1S/C19H21BrN2O3S/c1-21(16-8-4-2-5-9-16)19(23)15-10-11-17(20)18(14-15)26(24,25)22-12-6-3-7-13-22/h2,4-5,8-11,14H,3,6-7,12-13H2,1H3. The number of sulfonamides is 1. The van der Waals surface area contributed by atoms with Crippen molar-refractivity contribution in [3.8, 4) is 0 Å². The van der Waals surface area contributed by atoms with Crippen LogP contribution in [-0.4, -0.2) is 38.8 Å². The van der Waals surface area contributed by atoms with Crippen molar-refractivity contribution in [1.29, 1.82) is 0 Å². The molecule has 0 saturated carbocycles. The summed E-state index contributed by atoms with van der Waals surface area (Å²) in [6.07, 6.45) is 2.78. The van der Waals surface area contributed by atoms with Gasteiger partial charge in [0.25, 0.3) is 5.91 Å². The van der Waals surface area contributed by atoms with Crippen molar-refractivity contribution in [2.24, 2.45) is 0 Å². The van der Waals surface area contributed by atoms with Crippen LogP contribution in [0.4, 0.5) is 5.69 Å². The van der Waals surface area contributed by atoms with E-state index in [1.54, 1.807) is 19.2 Å². The number of hydrogen-bond donors (Lipinski definition) is 0. The van der Waals surface area contributed by atoms with Gasteiger partial charge in [-0.1, -0.05) is 24.6 Å². The van der Waals surface area contributed by atoms with Crippen molar-refractivity contribution >= 4 is 37.5 Å². The second-order valence-electron chi connectivity index (χ2n) is 6.31. The summed E-state index contributed by atoms with van der Waals surface area (Å²) >= 11 is 3.33. The first-order valence-corrected chi connectivity index (χ1v) is 10.8. The smallest absolute Gasteiger partial charge is 0.258 e. The van der Waals surface area contributed by atoms with E-state index in [1.807, 2.05) is 30.3 Å². The van der Waals surface area contributed by atoms with Gasteiger partial charge in [0.1, 0.15) is 0 Å². The number of hydrogen-bond acceptors (Lipinski definition) is 3. The van der Waals surface area contributed by atoms with Crippen molar-refractivity contribution in [1.82, 2.24) is 4.31 Å². The monoisotopic (exact) mass is 436 g/mol. The van der Waals surface area contributed by atoms with Crippen LogP contribution in [-0.2, 0) is 10.0 Å². The molecule has 138 valence electrons. The van der Waals surface area contributed by atoms with Crippen LogP contribution >= 0.6 is 15.9 Å². The van der Waals surface area contributed by atoms with E-state index in [1.165, 1.54) is 15.3 Å². The van der Waals surface area contributed by atoms with Gasteiger partial charge in [-0.05, 0) is 59.1 Å². The SMILES string of the molecule is CN(C(=O)c1ccc(Br)c(S(=O)(=O)N2CCCCC2)c1)c1ccccc1. The maximum absolute atomic E-state index is 13.0. The van der Waals surface area contributed by atoms with Crippen LogP contribution < -0.4 is 4.90 Å². The molecule has 0 bridgehead atoms. The largest absolute Gasteiger partial charge is 0.311 e. The third kappa shape index (κ3) is 3.84. The molecule has 0 aliphatic carbocycles. The van der Waals surface area contributed by atoms with E-state index >= 15 is 0 Å². The number of halogens is 1. The number of benzene rings is 2. The fourth-order valence-electron chi connectivity index (χ4n) is 3.04. The quantitative estimate of drug-likeness (QED) is 0.729. The van der Waals surface area contributed by atoms with Gasteiger partial charge < -0.3 is 4.90 Å². The Morgan fingerprint density at radius 1 is 1.04 bits per heavy atom. The number of carbonyl (C=O) groups excluding carboxylic acids is 1. The molecule has 1 aliphatic rings. The Morgan fingerprint density at radius 2 is 1.69 bits per heavy atom. The summed E-state index contributed by atoms with van der Waals surface area (Å²) in [6.45, 7) is 1.05. The second kappa shape index (κ2) is 7.90. The molecule has 26 heavy (non-hydrogen) atoms. The van der Waals surface area contributed by atoms with E-state index in [4.69, 9.17) is 0 Å². The van der Waals surface area contributed by atoms with Gasteiger partial charge in [0.2, 0.25) is 10.0 Å². The van der Waals surface area contributed by atoms with Crippen molar-refractivity contribution in [2.75, 3.05) is 25.0 Å². The zero-order valence-electron chi connectivity index (χ0n) is 14.6. The maximum atomic E-state index is 13.0. The molecule has 1 saturated heterocycles. The van der Waals surface area contributed by atoms with Gasteiger partial charge in [0.05, 0.1) is 4.90 Å². The fraction of sp³-hybridized carbons (Fsp3) is 0.316. The fourth-order valence-corrected chi connectivity index (χ4v) is 5.51. The van der Waals surface area contributed by atoms with Gasteiger partial charge in [-0.3, -0.25) is 4.79 Å². The normalized spacial score (nSPS) is 15.6. The molecule has 1 aliphatic heterocycles. The van der Waals surface area contributed by atoms with Crippen LogP contribution in [0.15, 0.2) is 57.9 Å². The summed E-state index contributed by atoms with van der Waals surface area (Å²) in [5.41, 5.74) is 1.09. The van der Waals surface area contributed by atoms with Gasteiger partial charge in [0.15, 0.2) is 0 Å². The Balaban J connectivity index is 1.93. The zero-order valence-corrected chi connectivity index (χ0v) is 17.0. The molecule has 1 heterocycles. The lowest BCUT2D eigenvalue weighted by atomic mass is 10.2. The van der Waals surface area contributed by atoms with E-state index in [2.05, 4.69) is 15.9 Å². The lowest BCUT2D eigenvalue weighted by molar-refractivity contribution is 0.0993. The Labute approximate surface area is 162 Å². The van der Waals surface area contributed by atoms with E-state index in [9.17, 15) is 13.2 Å². The number of para-hydroxylation sites is 1. The molecule has 0 unspecified atom stereocenters. The lowest BCUT2D eigenvalue weighted by Crippen LogP contribution is -2.36. The van der Waals surface area contributed by atoms with Gasteiger partial charge in [0, 0.05) is 35.9 Å². The highest BCUT2D eigenvalue weighted by Gasteiger charge is 2.29. The van der Waals surface area contributed by atoms with Crippen LogP contribution in [0.1, 0.15) is 29.6 Å². The predicted octanol–water partition coefficient (Wildman–Crippen LogP) is 3.90. The van der Waals surface area contributed by atoms with Gasteiger partial charge in [-0.25, -0.2) is 8.42 Å².